The molecule has 0 radical (unpaired) electrons. The van der Waals surface area contributed by atoms with Crippen LogP contribution in [0.25, 0.3) is 0 Å². The summed E-state index contributed by atoms with van der Waals surface area (Å²) in [5.74, 6) is -2.32. The average molecular weight is 348 g/mol. The van der Waals surface area contributed by atoms with E-state index in [1.807, 2.05) is 0 Å². The van der Waals surface area contributed by atoms with Crippen molar-refractivity contribution in [3.63, 3.8) is 0 Å². The number of carbonyl (C=O) groups is 3. The van der Waals surface area contributed by atoms with E-state index in [0.717, 1.165) is 0 Å². The van der Waals surface area contributed by atoms with E-state index < -0.39 is 46.7 Å². The number of nitro groups is 1. The SMILES string of the molecule is C[C@@H](O)C1C(=O)N2C(C(=O)OCc3ccc([N+](=O)[O-])cc3)C(=O)C[C@H]12. The number of hydrogen-bond acceptors (Lipinski definition) is 7. The van der Waals surface area contributed by atoms with Crippen molar-refractivity contribution >= 4 is 23.3 Å². The van der Waals surface area contributed by atoms with Crippen LogP contribution < -0.4 is 0 Å². The number of esters is 1. The van der Waals surface area contributed by atoms with Crippen LogP contribution in [0.4, 0.5) is 5.69 Å². The number of benzene rings is 1. The first-order valence-corrected chi connectivity index (χ1v) is 7.74. The molecular formula is C16H16N2O7. The zero-order valence-corrected chi connectivity index (χ0v) is 13.3. The maximum absolute atomic E-state index is 12.2. The van der Waals surface area contributed by atoms with E-state index in [1.54, 1.807) is 0 Å². The van der Waals surface area contributed by atoms with E-state index >= 15 is 0 Å². The first kappa shape index (κ1) is 17.0. The van der Waals surface area contributed by atoms with Crippen LogP contribution in [0.3, 0.4) is 0 Å². The first-order valence-electron chi connectivity index (χ1n) is 7.74. The van der Waals surface area contributed by atoms with Gasteiger partial charge in [-0.05, 0) is 24.6 Å². The van der Waals surface area contributed by atoms with Gasteiger partial charge in [0, 0.05) is 18.6 Å². The maximum Gasteiger partial charge on any atom is 0.337 e. The van der Waals surface area contributed by atoms with Gasteiger partial charge >= 0.3 is 5.97 Å². The Morgan fingerprint density at radius 1 is 1.40 bits per heavy atom. The number of Topliss-reactive ketones (excluding diaryl/α,β-unsaturated/α-hetero) is 1. The molecule has 4 atom stereocenters. The lowest BCUT2D eigenvalue weighted by Crippen LogP contribution is -2.64. The highest BCUT2D eigenvalue weighted by Crippen LogP contribution is 2.40. The quantitative estimate of drug-likeness (QED) is 0.264. The van der Waals surface area contributed by atoms with Gasteiger partial charge in [-0.15, -0.1) is 0 Å². The maximum atomic E-state index is 12.2. The third-order valence-electron chi connectivity index (χ3n) is 4.58. The molecule has 1 aromatic carbocycles. The van der Waals surface area contributed by atoms with Gasteiger partial charge in [0.25, 0.3) is 5.69 Å². The number of aliphatic hydroxyl groups is 1. The average Bonchev–Trinajstić information content (AvgIpc) is 2.85. The van der Waals surface area contributed by atoms with Gasteiger partial charge in [-0.3, -0.25) is 19.7 Å². The molecule has 1 amide bonds. The minimum atomic E-state index is -1.27. The number of ether oxygens (including phenoxy) is 1. The van der Waals surface area contributed by atoms with Crippen LogP contribution in [-0.4, -0.2) is 50.8 Å². The third-order valence-corrected chi connectivity index (χ3v) is 4.58. The summed E-state index contributed by atoms with van der Waals surface area (Å²) in [5, 5.41) is 20.2. The van der Waals surface area contributed by atoms with Gasteiger partial charge in [0.15, 0.2) is 11.8 Å². The number of fused-ring (bicyclic) bond motifs is 1. The van der Waals surface area contributed by atoms with Gasteiger partial charge in [-0.25, -0.2) is 4.79 Å². The molecule has 25 heavy (non-hydrogen) atoms. The van der Waals surface area contributed by atoms with Gasteiger partial charge in [0.1, 0.15) is 6.61 Å². The number of non-ortho nitro benzene ring substituents is 1. The second kappa shape index (κ2) is 6.25. The molecule has 2 aliphatic rings. The van der Waals surface area contributed by atoms with Crippen molar-refractivity contribution in [3.8, 4) is 0 Å². The second-order valence-corrected chi connectivity index (χ2v) is 6.18. The van der Waals surface area contributed by atoms with E-state index in [-0.39, 0.29) is 18.7 Å². The normalized spacial score (nSPS) is 26.0. The molecule has 2 saturated heterocycles. The van der Waals surface area contributed by atoms with Crippen molar-refractivity contribution in [2.75, 3.05) is 0 Å². The predicted molar refractivity (Wildman–Crippen MR) is 82.1 cm³/mol. The lowest BCUT2D eigenvalue weighted by molar-refractivity contribution is -0.384. The number of aliphatic hydroxyl groups excluding tert-OH is 1. The van der Waals surface area contributed by atoms with Crippen LogP contribution >= 0.6 is 0 Å². The molecule has 0 aromatic heterocycles. The highest BCUT2D eigenvalue weighted by atomic mass is 16.6. The van der Waals surface area contributed by atoms with Crippen LogP contribution in [0.1, 0.15) is 18.9 Å². The molecule has 0 aliphatic carbocycles. The first-order chi connectivity index (χ1) is 11.8. The van der Waals surface area contributed by atoms with E-state index in [0.29, 0.717) is 5.56 Å². The molecule has 132 valence electrons. The third kappa shape index (κ3) is 2.86. The summed E-state index contributed by atoms with van der Waals surface area (Å²) in [5.41, 5.74) is 0.442. The molecule has 0 spiro atoms. The topological polar surface area (TPSA) is 127 Å². The fourth-order valence-electron chi connectivity index (χ4n) is 3.33. The molecule has 2 unspecified atom stereocenters. The van der Waals surface area contributed by atoms with E-state index in [1.165, 1.54) is 36.1 Å². The number of nitrogens with zero attached hydrogens (tertiary/aromatic N) is 2. The molecule has 2 fully saturated rings. The van der Waals surface area contributed by atoms with Gasteiger partial charge < -0.3 is 14.7 Å². The van der Waals surface area contributed by atoms with Crippen molar-refractivity contribution in [2.45, 2.75) is 38.1 Å². The van der Waals surface area contributed by atoms with Crippen LogP contribution in [0.5, 0.6) is 0 Å². The van der Waals surface area contributed by atoms with Crippen molar-refractivity contribution < 1.29 is 29.2 Å². The highest BCUT2D eigenvalue weighted by molar-refractivity contribution is 6.11. The number of rotatable bonds is 5. The molecular weight excluding hydrogens is 332 g/mol. The minimum absolute atomic E-state index is 0.0264. The number of ketones is 1. The number of carbonyl (C=O) groups excluding carboxylic acids is 3. The van der Waals surface area contributed by atoms with E-state index in [2.05, 4.69) is 0 Å². The molecule has 1 aromatic rings. The minimum Gasteiger partial charge on any atom is -0.459 e. The van der Waals surface area contributed by atoms with Crippen molar-refractivity contribution in [1.82, 2.24) is 4.90 Å². The predicted octanol–water partition coefficient (Wildman–Crippen LogP) is 0.187. The molecule has 9 heteroatoms. The largest absolute Gasteiger partial charge is 0.459 e. The number of β-lactam (4-membered cyclic amide) rings is 1. The standard InChI is InChI=1S/C16H16N2O7/c1-8(19)13-11-6-12(20)14(17(11)15(13)21)16(22)25-7-9-2-4-10(5-3-9)18(23)24/h2-5,8,11,13-14,19H,6-7H2,1H3/t8-,11-,13?,14?/m1/s1. The van der Waals surface area contributed by atoms with Gasteiger partial charge in [-0.2, -0.15) is 0 Å². The summed E-state index contributed by atoms with van der Waals surface area (Å²) in [7, 11) is 0. The summed E-state index contributed by atoms with van der Waals surface area (Å²) in [6.45, 7) is 1.32. The zero-order valence-electron chi connectivity index (χ0n) is 13.3. The Balaban J connectivity index is 1.63. The van der Waals surface area contributed by atoms with Gasteiger partial charge in [0.05, 0.1) is 23.0 Å². The summed E-state index contributed by atoms with van der Waals surface area (Å²) in [6, 6.07) is 3.73. The Labute approximate surface area is 142 Å². The Morgan fingerprint density at radius 3 is 2.60 bits per heavy atom. The Kier molecular flexibility index (Phi) is 4.25. The van der Waals surface area contributed by atoms with Crippen LogP contribution in [-0.2, 0) is 25.7 Å². The highest BCUT2D eigenvalue weighted by Gasteiger charge is 2.61. The summed E-state index contributed by atoms with van der Waals surface area (Å²) in [4.78, 5) is 47.6. The molecule has 2 aliphatic heterocycles. The molecule has 2 heterocycles. The zero-order chi connectivity index (χ0) is 18.3. The van der Waals surface area contributed by atoms with Crippen molar-refractivity contribution in [1.29, 1.82) is 0 Å². The van der Waals surface area contributed by atoms with Crippen LogP contribution in [0.15, 0.2) is 24.3 Å². The summed E-state index contributed by atoms with van der Waals surface area (Å²) < 4.78 is 5.09. The molecule has 1 N–H and O–H groups in total. The fraction of sp³-hybridized carbons (Fsp3) is 0.438. The summed E-state index contributed by atoms with van der Waals surface area (Å²) >= 11 is 0. The lowest BCUT2D eigenvalue weighted by Gasteiger charge is -2.45. The van der Waals surface area contributed by atoms with Gasteiger partial charge in [0.2, 0.25) is 5.91 Å². The monoisotopic (exact) mass is 348 g/mol. The summed E-state index contributed by atoms with van der Waals surface area (Å²) in [6.07, 6.45) is -0.852. The van der Waals surface area contributed by atoms with Gasteiger partial charge in [-0.1, -0.05) is 0 Å². The van der Waals surface area contributed by atoms with Crippen molar-refractivity contribution in [3.05, 3.63) is 39.9 Å². The Hall–Kier alpha value is -2.81. The van der Waals surface area contributed by atoms with Crippen molar-refractivity contribution in [2.24, 2.45) is 5.92 Å². The smallest absolute Gasteiger partial charge is 0.337 e. The van der Waals surface area contributed by atoms with E-state index in [9.17, 15) is 29.6 Å². The van der Waals surface area contributed by atoms with Crippen LogP contribution in [0.2, 0.25) is 0 Å². The van der Waals surface area contributed by atoms with E-state index in [4.69, 9.17) is 4.74 Å². The second-order valence-electron chi connectivity index (χ2n) is 6.18. The lowest BCUT2D eigenvalue weighted by atomic mass is 9.84. The number of hydrogen-bond donors (Lipinski definition) is 1. The molecule has 0 saturated carbocycles. The van der Waals surface area contributed by atoms with Crippen LogP contribution in [0, 0.1) is 16.0 Å². The number of nitro benzene ring substituents is 1. The molecule has 0 bridgehead atoms. The number of amides is 1. The molecule has 9 nitrogen and oxygen atoms in total. The fourth-order valence-corrected chi connectivity index (χ4v) is 3.33. The molecule has 3 rings (SSSR count). The Bertz CT molecular complexity index is 743. The Morgan fingerprint density at radius 2 is 2.04 bits per heavy atom.